The first-order valence-electron chi connectivity index (χ1n) is 7.97. The Morgan fingerprint density at radius 2 is 1.96 bits per heavy atom. The molecule has 23 heavy (non-hydrogen) atoms. The lowest BCUT2D eigenvalue weighted by Gasteiger charge is -2.25. The highest BCUT2D eigenvalue weighted by Crippen LogP contribution is 2.38. The number of rotatable bonds is 4. The van der Waals surface area contributed by atoms with Crippen molar-refractivity contribution >= 4 is 23.0 Å². The molecule has 1 heterocycles. The fourth-order valence-corrected chi connectivity index (χ4v) is 3.25. The summed E-state index contributed by atoms with van der Waals surface area (Å²) >= 11 is 6.44. The molecule has 3 nitrogen and oxygen atoms in total. The van der Waals surface area contributed by atoms with Crippen molar-refractivity contribution in [3.63, 3.8) is 0 Å². The first-order valence-corrected chi connectivity index (χ1v) is 8.35. The van der Waals surface area contributed by atoms with E-state index in [0.717, 1.165) is 34.8 Å². The normalized spacial score (nSPS) is 17.5. The lowest BCUT2D eigenvalue weighted by molar-refractivity contribution is 0.707. The van der Waals surface area contributed by atoms with Crippen molar-refractivity contribution in [3.8, 4) is 0 Å². The minimum absolute atomic E-state index is 0.132. The van der Waals surface area contributed by atoms with Gasteiger partial charge in [-0.3, -0.25) is 5.01 Å². The number of hydrazone groups is 1. The molecule has 0 aromatic heterocycles. The Kier molecular flexibility index (Phi) is 4.69. The molecule has 2 aromatic rings. The fourth-order valence-electron chi connectivity index (χ4n) is 2.98. The smallest absolute Gasteiger partial charge is 0.0842 e. The number of benzene rings is 2. The maximum absolute atomic E-state index is 6.44. The zero-order valence-corrected chi connectivity index (χ0v) is 14.3. The highest BCUT2D eigenvalue weighted by Gasteiger charge is 2.30. The predicted octanol–water partition coefficient (Wildman–Crippen LogP) is 4.61. The molecule has 1 aliphatic heterocycles. The van der Waals surface area contributed by atoms with Crippen LogP contribution in [0.5, 0.6) is 0 Å². The van der Waals surface area contributed by atoms with E-state index in [2.05, 4.69) is 43.1 Å². The maximum Gasteiger partial charge on any atom is 0.0842 e. The van der Waals surface area contributed by atoms with Crippen LogP contribution in [0.15, 0.2) is 47.6 Å². The minimum atomic E-state index is 0.132. The summed E-state index contributed by atoms with van der Waals surface area (Å²) in [4.78, 5) is 0. The SMILES string of the molecule is Cc1ccc(N2N=C(CCN)CC2c2ccccc2Cl)cc1C. The van der Waals surface area contributed by atoms with Gasteiger partial charge in [0.2, 0.25) is 0 Å². The summed E-state index contributed by atoms with van der Waals surface area (Å²) in [5.74, 6) is 0. The van der Waals surface area contributed by atoms with Crippen LogP contribution in [-0.4, -0.2) is 12.3 Å². The predicted molar refractivity (Wildman–Crippen MR) is 98.3 cm³/mol. The Hall–Kier alpha value is -1.84. The van der Waals surface area contributed by atoms with E-state index in [1.165, 1.54) is 11.1 Å². The van der Waals surface area contributed by atoms with Crippen molar-refractivity contribution in [2.45, 2.75) is 32.7 Å². The van der Waals surface area contributed by atoms with Crippen LogP contribution in [0.2, 0.25) is 5.02 Å². The molecule has 0 aliphatic carbocycles. The van der Waals surface area contributed by atoms with Crippen molar-refractivity contribution in [3.05, 3.63) is 64.2 Å². The second-order valence-corrected chi connectivity index (χ2v) is 6.47. The number of aryl methyl sites for hydroxylation is 2. The topological polar surface area (TPSA) is 41.6 Å². The zero-order valence-electron chi connectivity index (χ0n) is 13.6. The van der Waals surface area contributed by atoms with E-state index in [0.29, 0.717) is 6.54 Å². The van der Waals surface area contributed by atoms with Crippen LogP contribution < -0.4 is 10.7 Å². The third kappa shape index (κ3) is 3.26. The van der Waals surface area contributed by atoms with Crippen molar-refractivity contribution in [2.24, 2.45) is 10.8 Å². The van der Waals surface area contributed by atoms with E-state index >= 15 is 0 Å². The van der Waals surface area contributed by atoms with Crippen molar-refractivity contribution in [1.29, 1.82) is 0 Å². The van der Waals surface area contributed by atoms with Gasteiger partial charge in [0.05, 0.1) is 11.7 Å². The third-order valence-corrected chi connectivity index (χ3v) is 4.77. The van der Waals surface area contributed by atoms with E-state index < -0.39 is 0 Å². The monoisotopic (exact) mass is 327 g/mol. The Labute approximate surface area is 142 Å². The van der Waals surface area contributed by atoms with Gasteiger partial charge in [0.25, 0.3) is 0 Å². The van der Waals surface area contributed by atoms with Crippen LogP contribution in [0.1, 0.15) is 35.6 Å². The van der Waals surface area contributed by atoms with Crippen LogP contribution in [0, 0.1) is 13.8 Å². The summed E-state index contributed by atoms with van der Waals surface area (Å²) in [6.07, 6.45) is 1.69. The Morgan fingerprint density at radius 1 is 1.17 bits per heavy atom. The number of hydrogen-bond donors (Lipinski definition) is 1. The molecule has 120 valence electrons. The van der Waals surface area contributed by atoms with Gasteiger partial charge >= 0.3 is 0 Å². The lowest BCUT2D eigenvalue weighted by atomic mass is 10.00. The molecule has 2 N–H and O–H groups in total. The Morgan fingerprint density at radius 3 is 2.65 bits per heavy atom. The molecule has 0 saturated carbocycles. The molecule has 0 saturated heterocycles. The van der Waals surface area contributed by atoms with E-state index in [1.54, 1.807) is 0 Å². The summed E-state index contributed by atoms with van der Waals surface area (Å²) in [5.41, 5.74) is 11.6. The quantitative estimate of drug-likeness (QED) is 0.890. The molecular weight excluding hydrogens is 306 g/mol. The van der Waals surface area contributed by atoms with Gasteiger partial charge < -0.3 is 5.73 Å². The van der Waals surface area contributed by atoms with E-state index in [1.807, 2.05) is 18.2 Å². The molecular formula is C19H22ClN3. The van der Waals surface area contributed by atoms with E-state index in [-0.39, 0.29) is 6.04 Å². The van der Waals surface area contributed by atoms with Gasteiger partial charge in [-0.2, -0.15) is 5.10 Å². The van der Waals surface area contributed by atoms with Gasteiger partial charge in [-0.15, -0.1) is 0 Å². The number of halogens is 1. The third-order valence-electron chi connectivity index (χ3n) is 4.43. The van der Waals surface area contributed by atoms with Crippen LogP contribution >= 0.6 is 11.6 Å². The average molecular weight is 328 g/mol. The van der Waals surface area contributed by atoms with Gasteiger partial charge in [0.15, 0.2) is 0 Å². The highest BCUT2D eigenvalue weighted by molar-refractivity contribution is 6.31. The number of anilines is 1. The van der Waals surface area contributed by atoms with Gasteiger partial charge in [-0.1, -0.05) is 35.9 Å². The molecule has 1 aliphatic rings. The largest absolute Gasteiger partial charge is 0.330 e. The molecule has 0 fully saturated rings. The first kappa shape index (κ1) is 16.0. The second-order valence-electron chi connectivity index (χ2n) is 6.06. The van der Waals surface area contributed by atoms with Gasteiger partial charge in [0, 0.05) is 17.2 Å². The summed E-state index contributed by atoms with van der Waals surface area (Å²) in [6, 6.07) is 14.6. The molecule has 1 unspecified atom stereocenters. The van der Waals surface area contributed by atoms with Crippen molar-refractivity contribution in [1.82, 2.24) is 0 Å². The summed E-state index contributed by atoms with van der Waals surface area (Å²) in [7, 11) is 0. The van der Waals surface area contributed by atoms with Crippen LogP contribution in [0.4, 0.5) is 5.69 Å². The zero-order chi connectivity index (χ0) is 16.4. The number of nitrogens with two attached hydrogens (primary N) is 1. The standard InChI is InChI=1S/C19H22ClN3/c1-13-7-8-16(11-14(13)2)23-19(12-15(22-23)9-10-21)17-5-3-4-6-18(17)20/h3-8,11,19H,9-10,12,21H2,1-2H3. The van der Waals surface area contributed by atoms with Crippen LogP contribution in [-0.2, 0) is 0 Å². The Balaban J connectivity index is 2.01. The minimum Gasteiger partial charge on any atom is -0.330 e. The highest BCUT2D eigenvalue weighted by atomic mass is 35.5. The second kappa shape index (κ2) is 6.73. The van der Waals surface area contributed by atoms with Gasteiger partial charge in [-0.05, 0) is 61.7 Å². The summed E-state index contributed by atoms with van der Waals surface area (Å²) < 4.78 is 0. The lowest BCUT2D eigenvalue weighted by Crippen LogP contribution is -2.19. The van der Waals surface area contributed by atoms with Gasteiger partial charge in [0.1, 0.15) is 0 Å². The first-order chi connectivity index (χ1) is 11.1. The van der Waals surface area contributed by atoms with E-state index in [4.69, 9.17) is 22.4 Å². The van der Waals surface area contributed by atoms with Crippen LogP contribution in [0.25, 0.3) is 0 Å². The number of nitrogens with zero attached hydrogens (tertiary/aromatic N) is 2. The Bertz CT molecular complexity index is 739. The molecule has 2 aromatic carbocycles. The van der Waals surface area contributed by atoms with Crippen molar-refractivity contribution in [2.75, 3.05) is 11.6 Å². The summed E-state index contributed by atoms with van der Waals surface area (Å²) in [5, 5.41) is 7.71. The number of hydrogen-bond acceptors (Lipinski definition) is 3. The van der Waals surface area contributed by atoms with Crippen LogP contribution in [0.3, 0.4) is 0 Å². The fraction of sp³-hybridized carbons (Fsp3) is 0.316. The molecule has 0 amide bonds. The maximum atomic E-state index is 6.44. The summed E-state index contributed by atoms with van der Waals surface area (Å²) in [6.45, 7) is 4.87. The molecule has 1 atom stereocenters. The van der Waals surface area contributed by atoms with Crippen molar-refractivity contribution < 1.29 is 0 Å². The molecule has 4 heteroatoms. The van der Waals surface area contributed by atoms with E-state index in [9.17, 15) is 0 Å². The molecule has 3 rings (SSSR count). The molecule has 0 radical (unpaired) electrons. The van der Waals surface area contributed by atoms with Gasteiger partial charge in [-0.25, -0.2) is 0 Å². The molecule has 0 bridgehead atoms. The molecule has 0 spiro atoms. The average Bonchev–Trinajstić information content (AvgIpc) is 2.94.